The first kappa shape index (κ1) is 20.6. The summed E-state index contributed by atoms with van der Waals surface area (Å²) < 4.78 is 0. The molecule has 0 aliphatic carbocycles. The topological polar surface area (TPSA) is 88.2 Å². The third-order valence-electron chi connectivity index (χ3n) is 4.33. The number of anilines is 1. The van der Waals surface area contributed by atoms with Gasteiger partial charge in [0.25, 0.3) is 5.69 Å². The Morgan fingerprint density at radius 3 is 1.90 bits per heavy atom. The van der Waals surface area contributed by atoms with Crippen LogP contribution in [0.25, 0.3) is 6.08 Å². The molecule has 3 aromatic rings. The summed E-state index contributed by atoms with van der Waals surface area (Å²) in [6.07, 6.45) is 3.12. The van der Waals surface area contributed by atoms with Crippen LogP contribution in [0.3, 0.4) is 0 Å². The molecule has 7 nitrogen and oxygen atoms in total. The van der Waals surface area contributed by atoms with E-state index < -0.39 is 4.92 Å². The number of azo groups is 1. The number of hydrogen-bond donors (Lipinski definition) is 0. The highest BCUT2D eigenvalue weighted by Crippen LogP contribution is 2.22. The molecular weight excluding hydrogens is 380 g/mol. The van der Waals surface area contributed by atoms with Crippen molar-refractivity contribution in [3.63, 3.8) is 0 Å². The van der Waals surface area contributed by atoms with E-state index in [1.807, 2.05) is 67.5 Å². The zero-order chi connectivity index (χ0) is 21.5. The summed E-state index contributed by atoms with van der Waals surface area (Å²) in [7, 11) is 3.96. The zero-order valence-corrected chi connectivity index (χ0v) is 16.6. The predicted octanol–water partition coefficient (Wildman–Crippen LogP) is 5.97. The summed E-state index contributed by atoms with van der Waals surface area (Å²) in [6, 6.07) is 20.6. The van der Waals surface area contributed by atoms with Gasteiger partial charge in [0.05, 0.1) is 16.3 Å². The number of nitro benzene ring substituents is 1. The van der Waals surface area contributed by atoms with Gasteiger partial charge in [0.15, 0.2) is 5.78 Å². The van der Waals surface area contributed by atoms with E-state index in [0.717, 1.165) is 16.9 Å². The maximum absolute atomic E-state index is 12.2. The van der Waals surface area contributed by atoms with E-state index in [1.165, 1.54) is 30.3 Å². The molecule has 0 saturated carbocycles. The van der Waals surface area contributed by atoms with Gasteiger partial charge in [-0.05, 0) is 60.2 Å². The van der Waals surface area contributed by atoms with Crippen LogP contribution in [0.1, 0.15) is 15.9 Å². The van der Waals surface area contributed by atoms with E-state index in [-0.39, 0.29) is 11.5 Å². The van der Waals surface area contributed by atoms with Gasteiger partial charge in [0.1, 0.15) is 0 Å². The zero-order valence-electron chi connectivity index (χ0n) is 16.6. The van der Waals surface area contributed by atoms with Crippen LogP contribution in [-0.4, -0.2) is 24.8 Å². The molecule has 30 heavy (non-hydrogen) atoms. The SMILES string of the molecule is CN(C)c1ccc(N=Nc2ccc(/C=C/C(=O)c3ccc([N+](=O)[O-])cc3)cc2)cc1. The molecule has 0 saturated heterocycles. The van der Waals surface area contributed by atoms with Crippen molar-refractivity contribution in [1.29, 1.82) is 0 Å². The van der Waals surface area contributed by atoms with Crippen molar-refractivity contribution in [2.45, 2.75) is 0 Å². The van der Waals surface area contributed by atoms with Crippen molar-refractivity contribution >= 4 is 34.6 Å². The lowest BCUT2D eigenvalue weighted by Crippen LogP contribution is -2.07. The van der Waals surface area contributed by atoms with E-state index in [2.05, 4.69) is 10.2 Å². The van der Waals surface area contributed by atoms with Crippen LogP contribution < -0.4 is 4.90 Å². The van der Waals surface area contributed by atoms with Crippen molar-refractivity contribution in [3.05, 3.63) is 100 Å². The maximum Gasteiger partial charge on any atom is 0.269 e. The van der Waals surface area contributed by atoms with Crippen molar-refractivity contribution in [2.24, 2.45) is 10.2 Å². The molecule has 0 aliphatic heterocycles. The number of hydrogen-bond acceptors (Lipinski definition) is 6. The Hall–Kier alpha value is -4.13. The Labute approximate surface area is 174 Å². The largest absolute Gasteiger partial charge is 0.378 e. The van der Waals surface area contributed by atoms with Crippen molar-refractivity contribution in [3.8, 4) is 0 Å². The van der Waals surface area contributed by atoms with Crippen LogP contribution in [0.5, 0.6) is 0 Å². The molecule has 0 radical (unpaired) electrons. The molecule has 7 heteroatoms. The fraction of sp³-hybridized carbons (Fsp3) is 0.0870. The lowest BCUT2D eigenvalue weighted by atomic mass is 10.1. The smallest absolute Gasteiger partial charge is 0.269 e. The lowest BCUT2D eigenvalue weighted by Gasteiger charge is -2.11. The molecule has 0 spiro atoms. The minimum Gasteiger partial charge on any atom is -0.378 e. The molecular formula is C23H20N4O3. The van der Waals surface area contributed by atoms with E-state index in [1.54, 1.807) is 6.08 Å². The molecule has 0 bridgehead atoms. The summed E-state index contributed by atoms with van der Waals surface area (Å²) in [4.78, 5) is 24.4. The van der Waals surface area contributed by atoms with E-state index in [0.29, 0.717) is 11.3 Å². The first-order valence-corrected chi connectivity index (χ1v) is 9.18. The van der Waals surface area contributed by atoms with E-state index in [4.69, 9.17) is 0 Å². The number of carbonyl (C=O) groups excluding carboxylic acids is 1. The van der Waals surface area contributed by atoms with E-state index >= 15 is 0 Å². The first-order valence-electron chi connectivity index (χ1n) is 9.18. The number of benzene rings is 3. The van der Waals surface area contributed by atoms with Gasteiger partial charge in [-0.25, -0.2) is 0 Å². The predicted molar refractivity (Wildman–Crippen MR) is 118 cm³/mol. The maximum atomic E-state index is 12.2. The van der Waals surface area contributed by atoms with Crippen molar-refractivity contribution in [1.82, 2.24) is 0 Å². The third-order valence-corrected chi connectivity index (χ3v) is 4.33. The van der Waals surface area contributed by atoms with Gasteiger partial charge in [-0.1, -0.05) is 18.2 Å². The average molecular weight is 400 g/mol. The van der Waals surface area contributed by atoms with Crippen LogP contribution in [0.4, 0.5) is 22.7 Å². The minimum absolute atomic E-state index is 0.0473. The Kier molecular flexibility index (Phi) is 6.44. The van der Waals surface area contributed by atoms with Gasteiger partial charge in [0, 0.05) is 37.5 Å². The molecule has 0 heterocycles. The number of non-ortho nitro benzene ring substituents is 1. The summed E-state index contributed by atoms with van der Waals surface area (Å²) in [5.41, 5.74) is 3.73. The van der Waals surface area contributed by atoms with Gasteiger partial charge in [-0.15, -0.1) is 0 Å². The third kappa shape index (κ3) is 5.45. The molecule has 0 unspecified atom stereocenters. The number of ketones is 1. The number of nitro groups is 1. The molecule has 150 valence electrons. The standard InChI is InChI=1S/C23H20N4O3/c1-26(2)21-14-10-20(11-15-21)25-24-19-8-3-17(4-9-19)5-16-23(28)18-6-12-22(13-7-18)27(29)30/h3-16H,1-2H3/b16-5+,25-24?. The average Bonchev–Trinajstić information content (AvgIpc) is 2.77. The number of nitrogens with zero attached hydrogens (tertiary/aromatic N) is 4. The van der Waals surface area contributed by atoms with Crippen LogP contribution in [0, 0.1) is 10.1 Å². The molecule has 0 amide bonds. The van der Waals surface area contributed by atoms with Crippen molar-refractivity contribution in [2.75, 3.05) is 19.0 Å². The normalized spacial score (nSPS) is 11.1. The van der Waals surface area contributed by atoms with Crippen LogP contribution >= 0.6 is 0 Å². The highest BCUT2D eigenvalue weighted by atomic mass is 16.6. The van der Waals surface area contributed by atoms with Crippen LogP contribution in [0.2, 0.25) is 0 Å². The molecule has 0 aliphatic rings. The fourth-order valence-corrected chi connectivity index (χ4v) is 2.60. The second kappa shape index (κ2) is 9.38. The number of carbonyl (C=O) groups is 1. The summed E-state index contributed by atoms with van der Waals surface area (Å²) in [5.74, 6) is -0.227. The number of rotatable bonds is 7. The number of allylic oxidation sites excluding steroid dienone is 1. The highest BCUT2D eigenvalue weighted by Gasteiger charge is 2.07. The Balaban J connectivity index is 1.62. The highest BCUT2D eigenvalue weighted by molar-refractivity contribution is 6.06. The Morgan fingerprint density at radius 2 is 1.40 bits per heavy atom. The Morgan fingerprint density at radius 1 is 0.867 bits per heavy atom. The van der Waals surface area contributed by atoms with E-state index in [9.17, 15) is 14.9 Å². The van der Waals surface area contributed by atoms with Gasteiger partial charge >= 0.3 is 0 Å². The van der Waals surface area contributed by atoms with Gasteiger partial charge in [-0.2, -0.15) is 10.2 Å². The van der Waals surface area contributed by atoms with Crippen LogP contribution in [-0.2, 0) is 0 Å². The summed E-state index contributed by atoms with van der Waals surface area (Å²) in [5, 5.41) is 19.1. The van der Waals surface area contributed by atoms with Gasteiger partial charge < -0.3 is 4.90 Å². The minimum atomic E-state index is -0.498. The monoisotopic (exact) mass is 400 g/mol. The van der Waals surface area contributed by atoms with Crippen molar-refractivity contribution < 1.29 is 9.72 Å². The molecule has 0 atom stereocenters. The summed E-state index contributed by atoms with van der Waals surface area (Å²) >= 11 is 0. The molecule has 0 N–H and O–H groups in total. The van der Waals surface area contributed by atoms with Crippen LogP contribution in [0.15, 0.2) is 89.1 Å². The van der Waals surface area contributed by atoms with Gasteiger partial charge in [-0.3, -0.25) is 14.9 Å². The second-order valence-corrected chi connectivity index (χ2v) is 6.70. The Bertz CT molecular complexity index is 1080. The molecule has 0 aromatic heterocycles. The summed E-state index contributed by atoms with van der Waals surface area (Å²) in [6.45, 7) is 0. The quantitative estimate of drug-likeness (QED) is 0.161. The van der Waals surface area contributed by atoms with Gasteiger partial charge in [0.2, 0.25) is 0 Å². The molecule has 0 fully saturated rings. The fourth-order valence-electron chi connectivity index (χ4n) is 2.60. The molecule has 3 rings (SSSR count). The first-order chi connectivity index (χ1) is 14.4. The lowest BCUT2D eigenvalue weighted by molar-refractivity contribution is -0.384. The second-order valence-electron chi connectivity index (χ2n) is 6.70. The molecule has 3 aromatic carbocycles.